The fourth-order valence-corrected chi connectivity index (χ4v) is 1.90. The van der Waals surface area contributed by atoms with Gasteiger partial charge in [-0.15, -0.1) is 0 Å². The molecular weight excluding hydrogens is 244 g/mol. The van der Waals surface area contributed by atoms with Crippen molar-refractivity contribution in [1.29, 1.82) is 0 Å². The first kappa shape index (κ1) is 13.9. The van der Waals surface area contributed by atoms with E-state index in [2.05, 4.69) is 0 Å². The van der Waals surface area contributed by atoms with Gasteiger partial charge in [0, 0.05) is 6.42 Å². The van der Waals surface area contributed by atoms with Crippen LogP contribution in [0, 0.1) is 5.41 Å². The molecule has 2 aliphatic rings. The van der Waals surface area contributed by atoms with E-state index in [4.69, 9.17) is 9.31 Å². The summed E-state index contributed by atoms with van der Waals surface area (Å²) in [5, 5.41) is 0. The average molecular weight is 262 g/mol. The van der Waals surface area contributed by atoms with Gasteiger partial charge in [0.1, 0.15) is 5.73 Å². The Morgan fingerprint density at radius 2 is 1.44 bits per heavy atom. The van der Waals surface area contributed by atoms with Crippen molar-refractivity contribution in [1.82, 2.24) is 0 Å². The molecule has 0 radical (unpaired) electrons. The van der Waals surface area contributed by atoms with Crippen LogP contribution in [0.2, 0.25) is 0 Å². The van der Waals surface area contributed by atoms with Crippen LogP contribution in [0.1, 0.15) is 41.0 Å². The highest BCUT2D eigenvalue weighted by atomic mass is 19.3. The standard InChI is InChI=1S/C12H18BF3O2/c1-9(2)10(3,4)18-13(17-9)8(14)6-11(5)7-12(11,15)16/h6H,7H2,1-5H3. The molecule has 18 heavy (non-hydrogen) atoms. The second-order valence-corrected chi connectivity index (χ2v) is 6.42. The van der Waals surface area contributed by atoms with Crippen molar-refractivity contribution in [2.75, 3.05) is 0 Å². The maximum absolute atomic E-state index is 14.0. The summed E-state index contributed by atoms with van der Waals surface area (Å²) in [4.78, 5) is 0. The molecule has 1 heterocycles. The number of alkyl halides is 2. The molecule has 1 aliphatic heterocycles. The quantitative estimate of drug-likeness (QED) is 0.709. The average Bonchev–Trinajstić information content (AvgIpc) is 2.51. The number of hydrogen-bond acceptors (Lipinski definition) is 2. The highest BCUT2D eigenvalue weighted by molar-refractivity contribution is 6.53. The summed E-state index contributed by atoms with van der Waals surface area (Å²) in [6, 6.07) is 0. The monoisotopic (exact) mass is 262 g/mol. The number of halogens is 3. The molecule has 1 unspecified atom stereocenters. The van der Waals surface area contributed by atoms with Crippen LogP contribution in [0.4, 0.5) is 13.2 Å². The molecule has 0 bridgehead atoms. The van der Waals surface area contributed by atoms with Crippen LogP contribution in [0.25, 0.3) is 0 Å². The van der Waals surface area contributed by atoms with E-state index < -0.39 is 35.4 Å². The molecule has 0 N–H and O–H groups in total. The van der Waals surface area contributed by atoms with Gasteiger partial charge in [-0.05, 0) is 33.8 Å². The lowest BCUT2D eigenvalue weighted by molar-refractivity contribution is 0.00578. The summed E-state index contributed by atoms with van der Waals surface area (Å²) in [6.07, 6.45) is 0.613. The minimum Gasteiger partial charge on any atom is -0.398 e. The molecule has 102 valence electrons. The third-order valence-electron chi connectivity index (χ3n) is 4.23. The van der Waals surface area contributed by atoms with Gasteiger partial charge < -0.3 is 9.31 Å². The lowest BCUT2D eigenvalue weighted by Crippen LogP contribution is -2.41. The molecule has 0 aromatic heterocycles. The van der Waals surface area contributed by atoms with E-state index in [1.165, 1.54) is 6.92 Å². The zero-order valence-corrected chi connectivity index (χ0v) is 11.3. The Balaban J connectivity index is 2.14. The molecule has 0 spiro atoms. The van der Waals surface area contributed by atoms with E-state index in [1.54, 1.807) is 27.7 Å². The van der Waals surface area contributed by atoms with Crippen LogP contribution < -0.4 is 0 Å². The Kier molecular flexibility index (Phi) is 2.74. The Morgan fingerprint density at radius 1 is 1.06 bits per heavy atom. The lowest BCUT2D eigenvalue weighted by atomic mass is 9.85. The van der Waals surface area contributed by atoms with E-state index >= 15 is 0 Å². The normalized spacial score (nSPS) is 36.9. The molecule has 0 amide bonds. The molecule has 1 atom stereocenters. The fourth-order valence-electron chi connectivity index (χ4n) is 1.90. The van der Waals surface area contributed by atoms with Crippen molar-refractivity contribution < 1.29 is 22.5 Å². The van der Waals surface area contributed by atoms with Crippen molar-refractivity contribution in [3.05, 3.63) is 11.8 Å². The third kappa shape index (κ3) is 1.99. The van der Waals surface area contributed by atoms with Crippen LogP contribution >= 0.6 is 0 Å². The van der Waals surface area contributed by atoms with Gasteiger partial charge in [-0.2, -0.15) is 0 Å². The molecule has 6 heteroatoms. The van der Waals surface area contributed by atoms with Gasteiger partial charge in [-0.25, -0.2) is 13.2 Å². The van der Waals surface area contributed by atoms with Crippen molar-refractivity contribution in [3.8, 4) is 0 Å². The van der Waals surface area contributed by atoms with Gasteiger partial charge in [0.2, 0.25) is 0 Å². The Labute approximate surface area is 106 Å². The number of rotatable bonds is 2. The van der Waals surface area contributed by atoms with Crippen molar-refractivity contribution in [2.45, 2.75) is 58.2 Å². The van der Waals surface area contributed by atoms with E-state index in [-0.39, 0.29) is 6.42 Å². The Bertz CT molecular complexity index is 390. The predicted molar refractivity (Wildman–Crippen MR) is 62.9 cm³/mol. The fraction of sp³-hybridized carbons (Fsp3) is 0.833. The first-order valence-electron chi connectivity index (χ1n) is 6.02. The van der Waals surface area contributed by atoms with Gasteiger partial charge in [0.05, 0.1) is 16.6 Å². The summed E-state index contributed by atoms with van der Waals surface area (Å²) >= 11 is 0. The summed E-state index contributed by atoms with van der Waals surface area (Å²) in [5.41, 5.74) is -3.51. The molecule has 1 aliphatic carbocycles. The van der Waals surface area contributed by atoms with Crippen LogP contribution in [0.5, 0.6) is 0 Å². The molecule has 1 saturated carbocycles. The van der Waals surface area contributed by atoms with Gasteiger partial charge in [-0.1, -0.05) is 6.92 Å². The number of hydrogen-bond donors (Lipinski definition) is 0. The van der Waals surface area contributed by atoms with Crippen LogP contribution in [0.3, 0.4) is 0 Å². The SMILES string of the molecule is CC1(C=C(F)B2OC(C)(C)C(C)(C)O2)CC1(F)F. The van der Waals surface area contributed by atoms with Crippen molar-refractivity contribution in [3.63, 3.8) is 0 Å². The molecule has 2 fully saturated rings. The predicted octanol–water partition coefficient (Wildman–Crippen LogP) is 3.52. The summed E-state index contributed by atoms with van der Waals surface area (Å²) in [5.74, 6) is -2.83. The molecular formula is C12H18BF3O2. The summed E-state index contributed by atoms with van der Waals surface area (Å²) < 4.78 is 50.9. The van der Waals surface area contributed by atoms with E-state index in [9.17, 15) is 13.2 Å². The van der Waals surface area contributed by atoms with Crippen LogP contribution in [-0.2, 0) is 9.31 Å². The van der Waals surface area contributed by atoms with E-state index in [1.807, 2.05) is 0 Å². The summed E-state index contributed by atoms with van der Waals surface area (Å²) in [6.45, 7) is 8.47. The highest BCUT2D eigenvalue weighted by Crippen LogP contribution is 2.61. The van der Waals surface area contributed by atoms with Gasteiger partial charge in [0.15, 0.2) is 0 Å². The second kappa shape index (κ2) is 3.54. The highest BCUT2D eigenvalue weighted by Gasteiger charge is 2.67. The van der Waals surface area contributed by atoms with Gasteiger partial charge in [0.25, 0.3) is 5.92 Å². The van der Waals surface area contributed by atoms with Gasteiger partial charge >= 0.3 is 7.12 Å². The molecule has 2 nitrogen and oxygen atoms in total. The van der Waals surface area contributed by atoms with E-state index in [0.29, 0.717) is 0 Å². The molecule has 2 rings (SSSR count). The molecule has 1 saturated heterocycles. The van der Waals surface area contributed by atoms with Crippen molar-refractivity contribution >= 4 is 7.12 Å². The third-order valence-corrected chi connectivity index (χ3v) is 4.23. The van der Waals surface area contributed by atoms with E-state index in [0.717, 1.165) is 6.08 Å². The smallest absolute Gasteiger partial charge is 0.398 e. The lowest BCUT2D eigenvalue weighted by Gasteiger charge is -2.32. The molecule has 0 aromatic rings. The van der Waals surface area contributed by atoms with Crippen molar-refractivity contribution in [2.24, 2.45) is 5.41 Å². The molecule has 0 aromatic carbocycles. The zero-order chi connectivity index (χ0) is 14.0. The van der Waals surface area contributed by atoms with Crippen LogP contribution in [-0.4, -0.2) is 24.2 Å². The minimum atomic E-state index is -2.83. The maximum Gasteiger partial charge on any atom is 0.524 e. The second-order valence-electron chi connectivity index (χ2n) is 6.42. The largest absolute Gasteiger partial charge is 0.524 e. The van der Waals surface area contributed by atoms with Gasteiger partial charge in [-0.3, -0.25) is 0 Å². The first-order valence-corrected chi connectivity index (χ1v) is 6.02. The zero-order valence-electron chi connectivity index (χ0n) is 11.3. The van der Waals surface area contributed by atoms with Crippen LogP contribution in [0.15, 0.2) is 11.8 Å². The first-order chi connectivity index (χ1) is 7.90. The topological polar surface area (TPSA) is 18.5 Å². The Hall–Kier alpha value is -0.485. The summed E-state index contributed by atoms with van der Waals surface area (Å²) in [7, 11) is -1.19. The minimum absolute atomic E-state index is 0.326. The number of allylic oxidation sites excluding steroid dienone is 1. The Morgan fingerprint density at radius 3 is 1.78 bits per heavy atom. The maximum atomic E-state index is 14.0.